The Morgan fingerprint density at radius 3 is 2.30 bits per heavy atom. The molecule has 0 atom stereocenters. The van der Waals surface area contributed by atoms with Crippen molar-refractivity contribution >= 4 is 16.7 Å². The quantitative estimate of drug-likeness (QED) is 0.418. The van der Waals surface area contributed by atoms with Crippen molar-refractivity contribution in [1.82, 2.24) is 0 Å². The molecular formula is C30H36. The summed E-state index contributed by atoms with van der Waals surface area (Å²) in [6, 6.07) is 17.9. The summed E-state index contributed by atoms with van der Waals surface area (Å²) in [5, 5.41) is 0. The van der Waals surface area contributed by atoms with Gasteiger partial charge in [0.25, 0.3) is 0 Å². The van der Waals surface area contributed by atoms with Gasteiger partial charge in [0.1, 0.15) is 0 Å². The van der Waals surface area contributed by atoms with Crippen LogP contribution in [0.15, 0.2) is 67.3 Å². The average molecular weight is 397 g/mol. The molecule has 0 heterocycles. The van der Waals surface area contributed by atoms with Crippen molar-refractivity contribution in [3.8, 4) is 0 Å². The van der Waals surface area contributed by atoms with E-state index in [1.165, 1.54) is 90.3 Å². The second kappa shape index (κ2) is 9.21. The van der Waals surface area contributed by atoms with Crippen LogP contribution < -0.4 is 0 Å². The zero-order chi connectivity index (χ0) is 21.0. The maximum atomic E-state index is 4.56. The smallest absolute Gasteiger partial charge is 0.00821 e. The van der Waals surface area contributed by atoms with E-state index in [1.807, 2.05) is 0 Å². The molecule has 2 aliphatic rings. The lowest BCUT2D eigenvalue weighted by atomic mass is 9.64. The highest BCUT2D eigenvalue weighted by molar-refractivity contribution is 5.90. The maximum absolute atomic E-state index is 4.56. The Balaban J connectivity index is 1.58. The van der Waals surface area contributed by atoms with Crippen LogP contribution in [-0.4, -0.2) is 0 Å². The van der Waals surface area contributed by atoms with Gasteiger partial charge in [-0.25, -0.2) is 0 Å². The van der Waals surface area contributed by atoms with Crippen molar-refractivity contribution < 1.29 is 0 Å². The molecule has 0 bridgehead atoms. The van der Waals surface area contributed by atoms with Crippen molar-refractivity contribution in [3.63, 3.8) is 0 Å². The van der Waals surface area contributed by atoms with Gasteiger partial charge in [0.15, 0.2) is 0 Å². The van der Waals surface area contributed by atoms with Crippen molar-refractivity contribution in [2.75, 3.05) is 0 Å². The van der Waals surface area contributed by atoms with Crippen LogP contribution in [0, 0.1) is 5.41 Å². The Kier molecular flexibility index (Phi) is 6.42. The van der Waals surface area contributed by atoms with Gasteiger partial charge in [-0.05, 0) is 82.6 Å². The molecule has 0 fully saturated rings. The van der Waals surface area contributed by atoms with Crippen LogP contribution in [0.3, 0.4) is 0 Å². The summed E-state index contributed by atoms with van der Waals surface area (Å²) in [5.74, 6) is 0. The zero-order valence-electron chi connectivity index (χ0n) is 18.8. The number of benzene rings is 2. The van der Waals surface area contributed by atoms with E-state index in [2.05, 4.69) is 81.1 Å². The van der Waals surface area contributed by atoms with Crippen LogP contribution in [0.4, 0.5) is 0 Å². The fraction of sp³-hybridized carbons (Fsp3) is 0.400. The minimum absolute atomic E-state index is 0.437. The van der Waals surface area contributed by atoms with Crippen LogP contribution in [0.2, 0.25) is 0 Å². The van der Waals surface area contributed by atoms with Crippen LogP contribution in [-0.2, 0) is 6.42 Å². The maximum Gasteiger partial charge on any atom is -0.00821 e. The van der Waals surface area contributed by atoms with Gasteiger partial charge in [0.2, 0.25) is 0 Å². The van der Waals surface area contributed by atoms with E-state index in [4.69, 9.17) is 0 Å². The molecule has 156 valence electrons. The monoisotopic (exact) mass is 396 g/mol. The Bertz CT molecular complexity index is 947. The van der Waals surface area contributed by atoms with E-state index < -0.39 is 0 Å². The van der Waals surface area contributed by atoms with Crippen LogP contribution in [0.5, 0.6) is 0 Å². The second-order valence-corrected chi connectivity index (χ2v) is 9.44. The van der Waals surface area contributed by atoms with Gasteiger partial charge in [-0.3, -0.25) is 0 Å². The highest BCUT2D eigenvalue weighted by Crippen LogP contribution is 2.48. The Morgan fingerprint density at radius 2 is 1.60 bits per heavy atom. The van der Waals surface area contributed by atoms with E-state index in [9.17, 15) is 0 Å². The van der Waals surface area contributed by atoms with E-state index in [0.717, 1.165) is 6.42 Å². The predicted molar refractivity (Wildman–Crippen MR) is 132 cm³/mol. The molecule has 0 N–H and O–H groups in total. The highest BCUT2D eigenvalue weighted by atomic mass is 14.4. The molecule has 0 radical (unpaired) electrons. The first-order chi connectivity index (χ1) is 14.6. The van der Waals surface area contributed by atoms with E-state index in [0.29, 0.717) is 5.41 Å². The lowest BCUT2D eigenvalue weighted by Gasteiger charge is -2.40. The Morgan fingerprint density at radius 1 is 0.867 bits per heavy atom. The molecule has 0 aromatic heterocycles. The normalized spacial score (nSPS) is 17.5. The molecule has 4 rings (SSSR count). The largest absolute Gasteiger partial charge is 0.0952 e. The van der Waals surface area contributed by atoms with Crippen molar-refractivity contribution in [2.24, 2.45) is 5.41 Å². The molecule has 2 aliphatic carbocycles. The van der Waals surface area contributed by atoms with E-state index >= 15 is 0 Å². The molecule has 30 heavy (non-hydrogen) atoms. The van der Waals surface area contributed by atoms with Gasteiger partial charge in [0, 0.05) is 0 Å². The minimum Gasteiger partial charge on any atom is -0.0952 e. The predicted octanol–water partition coefficient (Wildman–Crippen LogP) is 8.88. The van der Waals surface area contributed by atoms with Gasteiger partial charge in [-0.15, -0.1) is 0 Å². The molecule has 0 aliphatic heterocycles. The van der Waals surface area contributed by atoms with Gasteiger partial charge in [-0.2, -0.15) is 0 Å². The highest BCUT2D eigenvalue weighted by Gasteiger charge is 2.35. The molecule has 2 aromatic rings. The first-order valence-corrected chi connectivity index (χ1v) is 11.9. The average Bonchev–Trinajstić information content (AvgIpc) is 3.27. The first kappa shape index (κ1) is 20.9. The first-order valence-electron chi connectivity index (χ1n) is 11.9. The third-order valence-corrected chi connectivity index (χ3v) is 7.12. The zero-order valence-corrected chi connectivity index (χ0v) is 18.8. The summed E-state index contributed by atoms with van der Waals surface area (Å²) >= 11 is 0. The standard InChI is InChI=1S/C30H36/c1-4-6-17-30(18-7-5-2)21-23(3)29-20-27(15-16-28(29)22-30)26-14-13-25(19-26)24-11-9-8-10-12-24/h8-13,15-16,19-20H,3-7,14,17-18,21-22H2,1-2H3. The Hall–Kier alpha value is -2.34. The molecule has 0 unspecified atom stereocenters. The topological polar surface area (TPSA) is 0 Å². The summed E-state index contributed by atoms with van der Waals surface area (Å²) < 4.78 is 0. The SMILES string of the molecule is C=C1CC(CCCC)(CCCC)Cc2ccc(C3=CC(c4ccccc4)=CC3)cc21. The molecule has 0 spiro atoms. The fourth-order valence-corrected chi connectivity index (χ4v) is 5.41. The third-order valence-electron chi connectivity index (χ3n) is 7.12. The lowest BCUT2D eigenvalue weighted by Crippen LogP contribution is -2.28. The number of hydrogen-bond donors (Lipinski definition) is 0. The van der Waals surface area contributed by atoms with Crippen LogP contribution in [0.25, 0.3) is 16.7 Å². The number of fused-ring (bicyclic) bond motifs is 1. The molecule has 2 aromatic carbocycles. The third kappa shape index (κ3) is 4.38. The van der Waals surface area contributed by atoms with Crippen LogP contribution in [0.1, 0.15) is 87.5 Å². The van der Waals surface area contributed by atoms with E-state index in [-0.39, 0.29) is 0 Å². The van der Waals surface area contributed by atoms with Crippen molar-refractivity contribution in [1.29, 1.82) is 0 Å². The summed E-state index contributed by atoms with van der Waals surface area (Å²) in [5.41, 5.74) is 10.2. The van der Waals surface area contributed by atoms with Gasteiger partial charge in [-0.1, -0.05) is 101 Å². The molecule has 0 amide bonds. The van der Waals surface area contributed by atoms with Crippen LogP contribution >= 0.6 is 0 Å². The van der Waals surface area contributed by atoms with Crippen molar-refractivity contribution in [3.05, 3.63) is 89.5 Å². The summed E-state index contributed by atoms with van der Waals surface area (Å²) in [6.07, 6.45) is 16.1. The molecule has 0 saturated heterocycles. The molecule has 0 saturated carbocycles. The lowest BCUT2D eigenvalue weighted by molar-refractivity contribution is 0.224. The van der Waals surface area contributed by atoms with E-state index in [1.54, 1.807) is 0 Å². The second-order valence-electron chi connectivity index (χ2n) is 9.44. The number of hydrogen-bond acceptors (Lipinski definition) is 0. The molecule has 0 nitrogen and oxygen atoms in total. The van der Waals surface area contributed by atoms with Crippen molar-refractivity contribution in [2.45, 2.75) is 71.6 Å². The Labute approximate surface area is 183 Å². The number of allylic oxidation sites excluding steroid dienone is 5. The summed E-state index contributed by atoms with van der Waals surface area (Å²) in [6.45, 7) is 9.20. The van der Waals surface area contributed by atoms with Gasteiger partial charge < -0.3 is 0 Å². The van der Waals surface area contributed by atoms with Gasteiger partial charge >= 0.3 is 0 Å². The summed E-state index contributed by atoms with van der Waals surface area (Å²) in [7, 11) is 0. The number of unbranched alkanes of at least 4 members (excludes halogenated alkanes) is 2. The summed E-state index contributed by atoms with van der Waals surface area (Å²) in [4.78, 5) is 0. The van der Waals surface area contributed by atoms with Gasteiger partial charge in [0.05, 0.1) is 0 Å². The molecule has 0 heteroatoms. The molecular weight excluding hydrogens is 360 g/mol. The fourth-order valence-electron chi connectivity index (χ4n) is 5.41. The minimum atomic E-state index is 0.437. The number of rotatable bonds is 8.